The van der Waals surface area contributed by atoms with Gasteiger partial charge in [-0.25, -0.2) is 4.39 Å². The van der Waals surface area contributed by atoms with Gasteiger partial charge in [0.15, 0.2) is 0 Å². The number of furan rings is 1. The Kier molecular flexibility index (Phi) is 4.60. The van der Waals surface area contributed by atoms with Crippen LogP contribution in [-0.2, 0) is 0 Å². The van der Waals surface area contributed by atoms with Gasteiger partial charge in [-0.1, -0.05) is 41.4 Å². The van der Waals surface area contributed by atoms with Crippen molar-refractivity contribution in [3.63, 3.8) is 0 Å². The number of halogens is 2. The lowest BCUT2D eigenvalue weighted by Crippen LogP contribution is -1.80. The van der Waals surface area contributed by atoms with Gasteiger partial charge in [0.05, 0.1) is 5.56 Å². The van der Waals surface area contributed by atoms with Gasteiger partial charge in [0.2, 0.25) is 5.89 Å². The van der Waals surface area contributed by atoms with E-state index in [1.165, 1.54) is 6.07 Å². The van der Waals surface area contributed by atoms with Crippen LogP contribution in [0.4, 0.5) is 4.39 Å². The van der Waals surface area contributed by atoms with Crippen molar-refractivity contribution in [1.29, 1.82) is 0 Å². The molecule has 0 bridgehead atoms. The molecular formula is C21H14ClFN2O2. The first-order chi connectivity index (χ1) is 13.1. The Labute approximate surface area is 159 Å². The van der Waals surface area contributed by atoms with E-state index in [1.54, 1.807) is 36.4 Å². The van der Waals surface area contributed by atoms with E-state index >= 15 is 0 Å². The molecule has 0 spiro atoms. The molecule has 0 fully saturated rings. The van der Waals surface area contributed by atoms with Gasteiger partial charge in [-0.3, -0.25) is 0 Å². The zero-order valence-electron chi connectivity index (χ0n) is 14.3. The maximum absolute atomic E-state index is 13.9. The molecule has 0 unspecified atom stereocenters. The van der Waals surface area contributed by atoms with Crippen molar-refractivity contribution in [2.75, 3.05) is 0 Å². The SMILES string of the molecule is Cc1cccc(-c2nnc(/C(Cl)=C/c3ccc(-c4ccccc4F)o3)o2)c1. The maximum Gasteiger partial charge on any atom is 0.259 e. The van der Waals surface area contributed by atoms with E-state index in [0.717, 1.165) is 11.1 Å². The predicted molar refractivity (Wildman–Crippen MR) is 102 cm³/mol. The molecular weight excluding hydrogens is 367 g/mol. The van der Waals surface area contributed by atoms with Crippen LogP contribution in [0.3, 0.4) is 0 Å². The topological polar surface area (TPSA) is 52.1 Å². The number of benzene rings is 2. The Morgan fingerprint density at radius 2 is 1.85 bits per heavy atom. The quantitative estimate of drug-likeness (QED) is 0.424. The Balaban J connectivity index is 1.59. The summed E-state index contributed by atoms with van der Waals surface area (Å²) in [5.74, 6) is 1.07. The summed E-state index contributed by atoms with van der Waals surface area (Å²) in [5, 5.41) is 8.24. The van der Waals surface area contributed by atoms with Gasteiger partial charge in [0, 0.05) is 11.6 Å². The first-order valence-electron chi connectivity index (χ1n) is 8.23. The number of nitrogens with zero attached hydrogens (tertiary/aromatic N) is 2. The van der Waals surface area contributed by atoms with Gasteiger partial charge in [0.25, 0.3) is 5.89 Å². The van der Waals surface area contributed by atoms with E-state index < -0.39 is 0 Å². The van der Waals surface area contributed by atoms with Crippen molar-refractivity contribution in [2.24, 2.45) is 0 Å². The molecule has 134 valence electrons. The lowest BCUT2D eigenvalue weighted by molar-refractivity contribution is 0.553. The highest BCUT2D eigenvalue weighted by atomic mass is 35.5. The third-order valence-electron chi connectivity index (χ3n) is 3.93. The molecule has 0 radical (unpaired) electrons. The van der Waals surface area contributed by atoms with Crippen molar-refractivity contribution in [1.82, 2.24) is 10.2 Å². The average Bonchev–Trinajstić information content (AvgIpc) is 3.32. The van der Waals surface area contributed by atoms with Crippen LogP contribution < -0.4 is 0 Å². The fraction of sp³-hybridized carbons (Fsp3) is 0.0476. The lowest BCUT2D eigenvalue weighted by atomic mass is 10.1. The van der Waals surface area contributed by atoms with Gasteiger partial charge in [-0.15, -0.1) is 10.2 Å². The van der Waals surface area contributed by atoms with Crippen LogP contribution in [0.1, 0.15) is 17.2 Å². The minimum atomic E-state index is -0.354. The number of aryl methyl sites for hydroxylation is 1. The van der Waals surface area contributed by atoms with Gasteiger partial charge >= 0.3 is 0 Å². The van der Waals surface area contributed by atoms with E-state index in [-0.39, 0.29) is 16.7 Å². The summed E-state index contributed by atoms with van der Waals surface area (Å²) in [7, 11) is 0. The molecule has 0 aliphatic rings. The van der Waals surface area contributed by atoms with Crippen molar-refractivity contribution in [3.8, 4) is 22.8 Å². The van der Waals surface area contributed by atoms with Gasteiger partial charge < -0.3 is 8.83 Å². The standard InChI is InChI=1S/C21H14ClFN2O2/c1-13-5-4-6-14(11-13)20-24-25-21(27-20)17(22)12-15-9-10-19(26-15)16-7-2-3-8-18(16)23/h2-12H,1H3/b17-12-. The highest BCUT2D eigenvalue weighted by molar-refractivity contribution is 6.50. The third-order valence-corrected chi connectivity index (χ3v) is 4.20. The fourth-order valence-corrected chi connectivity index (χ4v) is 2.82. The Hall–Kier alpha value is -3.18. The fourth-order valence-electron chi connectivity index (χ4n) is 2.64. The molecule has 6 heteroatoms. The van der Waals surface area contributed by atoms with Crippen LogP contribution in [0.5, 0.6) is 0 Å². The van der Waals surface area contributed by atoms with E-state index in [9.17, 15) is 4.39 Å². The maximum atomic E-state index is 13.9. The van der Waals surface area contributed by atoms with E-state index in [2.05, 4.69) is 10.2 Å². The lowest BCUT2D eigenvalue weighted by Gasteiger charge is -1.98. The summed E-state index contributed by atoms with van der Waals surface area (Å²) in [6.45, 7) is 1.98. The summed E-state index contributed by atoms with van der Waals surface area (Å²) in [5.41, 5.74) is 2.29. The monoisotopic (exact) mass is 380 g/mol. The summed E-state index contributed by atoms with van der Waals surface area (Å²) in [6, 6.07) is 17.5. The largest absolute Gasteiger partial charge is 0.457 e. The van der Waals surface area contributed by atoms with Gasteiger partial charge in [-0.2, -0.15) is 0 Å². The molecule has 0 N–H and O–H groups in total. The van der Waals surface area contributed by atoms with E-state index in [0.29, 0.717) is 23.0 Å². The number of rotatable bonds is 4. The van der Waals surface area contributed by atoms with E-state index in [4.69, 9.17) is 20.4 Å². The van der Waals surface area contributed by atoms with Crippen LogP contribution in [-0.4, -0.2) is 10.2 Å². The van der Waals surface area contributed by atoms with Crippen LogP contribution in [0, 0.1) is 12.7 Å². The van der Waals surface area contributed by atoms with Gasteiger partial charge in [-0.05, 0) is 43.3 Å². The molecule has 2 aromatic heterocycles. The summed E-state index contributed by atoms with van der Waals surface area (Å²) >= 11 is 6.29. The van der Waals surface area contributed by atoms with Crippen molar-refractivity contribution >= 4 is 22.7 Å². The van der Waals surface area contributed by atoms with Crippen LogP contribution in [0.2, 0.25) is 0 Å². The van der Waals surface area contributed by atoms with Crippen molar-refractivity contribution in [2.45, 2.75) is 6.92 Å². The molecule has 0 saturated heterocycles. The molecule has 4 rings (SSSR count). The van der Waals surface area contributed by atoms with Gasteiger partial charge in [0.1, 0.15) is 22.4 Å². The normalized spacial score (nSPS) is 11.7. The van der Waals surface area contributed by atoms with Crippen LogP contribution in [0.15, 0.2) is 69.5 Å². The van der Waals surface area contributed by atoms with Crippen molar-refractivity contribution in [3.05, 3.63) is 83.7 Å². The molecule has 2 aromatic carbocycles. The minimum absolute atomic E-state index is 0.178. The average molecular weight is 381 g/mol. The molecule has 0 atom stereocenters. The first kappa shape index (κ1) is 17.2. The Bertz CT molecular complexity index is 1130. The highest BCUT2D eigenvalue weighted by Crippen LogP contribution is 2.29. The highest BCUT2D eigenvalue weighted by Gasteiger charge is 2.13. The second kappa shape index (κ2) is 7.21. The summed E-state index contributed by atoms with van der Waals surface area (Å²) in [4.78, 5) is 0. The molecule has 0 aliphatic heterocycles. The molecule has 2 heterocycles. The smallest absolute Gasteiger partial charge is 0.259 e. The third kappa shape index (κ3) is 3.68. The predicted octanol–water partition coefficient (Wildman–Crippen LogP) is 6.18. The number of hydrogen-bond donors (Lipinski definition) is 0. The van der Waals surface area contributed by atoms with E-state index in [1.807, 2.05) is 31.2 Å². The number of hydrogen-bond acceptors (Lipinski definition) is 4. The van der Waals surface area contributed by atoms with Crippen LogP contribution in [0.25, 0.3) is 33.9 Å². The zero-order valence-corrected chi connectivity index (χ0v) is 15.1. The molecule has 0 amide bonds. The molecule has 4 aromatic rings. The second-order valence-electron chi connectivity index (χ2n) is 5.96. The zero-order chi connectivity index (χ0) is 18.8. The molecule has 0 saturated carbocycles. The Morgan fingerprint density at radius 1 is 1.00 bits per heavy atom. The molecule has 27 heavy (non-hydrogen) atoms. The van der Waals surface area contributed by atoms with Crippen molar-refractivity contribution < 1.29 is 13.2 Å². The molecule has 4 nitrogen and oxygen atoms in total. The second-order valence-corrected chi connectivity index (χ2v) is 6.36. The first-order valence-corrected chi connectivity index (χ1v) is 8.61. The minimum Gasteiger partial charge on any atom is -0.457 e. The summed E-state index contributed by atoms with van der Waals surface area (Å²) in [6.07, 6.45) is 1.55. The summed E-state index contributed by atoms with van der Waals surface area (Å²) < 4.78 is 25.2. The molecule has 0 aliphatic carbocycles. The van der Waals surface area contributed by atoms with Crippen LogP contribution >= 0.6 is 11.6 Å². The number of aromatic nitrogens is 2. The Morgan fingerprint density at radius 3 is 2.67 bits per heavy atom.